The van der Waals surface area contributed by atoms with E-state index in [0.717, 1.165) is 41.7 Å². The van der Waals surface area contributed by atoms with Gasteiger partial charge in [0.15, 0.2) is 0 Å². The molecular formula is C28H33N3O3. The van der Waals surface area contributed by atoms with E-state index in [4.69, 9.17) is 4.74 Å². The Bertz CT molecular complexity index is 1210. The number of carbonyl (C=O) groups is 1. The minimum absolute atomic E-state index is 0.0372. The van der Waals surface area contributed by atoms with Gasteiger partial charge >= 0.3 is 0 Å². The molecule has 6 nitrogen and oxygen atoms in total. The first kappa shape index (κ1) is 22.7. The van der Waals surface area contributed by atoms with E-state index in [-0.39, 0.29) is 29.2 Å². The van der Waals surface area contributed by atoms with Crippen molar-refractivity contribution < 1.29 is 14.6 Å². The summed E-state index contributed by atoms with van der Waals surface area (Å²) in [5, 5.41) is 18.4. The number of rotatable bonds is 4. The maximum absolute atomic E-state index is 13.6. The van der Waals surface area contributed by atoms with E-state index < -0.39 is 0 Å². The largest absolute Gasteiger partial charge is 0.507 e. The average molecular weight is 460 g/mol. The van der Waals surface area contributed by atoms with Crippen LogP contribution in [0.5, 0.6) is 5.75 Å². The van der Waals surface area contributed by atoms with Gasteiger partial charge in [0.05, 0.1) is 12.1 Å². The van der Waals surface area contributed by atoms with Crippen molar-refractivity contribution in [3.8, 4) is 17.0 Å². The summed E-state index contributed by atoms with van der Waals surface area (Å²) in [6, 6.07) is 12.0. The van der Waals surface area contributed by atoms with Gasteiger partial charge in [-0.05, 0) is 60.4 Å². The van der Waals surface area contributed by atoms with E-state index in [9.17, 15) is 9.90 Å². The van der Waals surface area contributed by atoms with E-state index >= 15 is 0 Å². The maximum Gasteiger partial charge on any atom is 0.273 e. The number of hydrogen-bond acceptors (Lipinski definition) is 4. The topological polar surface area (TPSA) is 78.5 Å². The van der Waals surface area contributed by atoms with Gasteiger partial charge < -0.3 is 14.7 Å². The fraction of sp³-hybridized carbons (Fsp3) is 0.429. The van der Waals surface area contributed by atoms with Crippen molar-refractivity contribution in [2.24, 2.45) is 0 Å². The molecule has 0 aliphatic carbocycles. The zero-order valence-electron chi connectivity index (χ0n) is 20.6. The lowest BCUT2D eigenvalue weighted by atomic mass is 9.85. The fourth-order valence-electron chi connectivity index (χ4n) is 5.35. The number of hydrogen-bond donors (Lipinski definition) is 2. The number of aromatic hydroxyl groups is 1. The summed E-state index contributed by atoms with van der Waals surface area (Å²) in [4.78, 5) is 15.5. The molecule has 2 atom stereocenters. The number of benzene rings is 2. The Morgan fingerprint density at radius 1 is 1.18 bits per heavy atom. The Morgan fingerprint density at radius 2 is 1.91 bits per heavy atom. The van der Waals surface area contributed by atoms with Gasteiger partial charge in [-0.25, -0.2) is 0 Å². The number of ether oxygens (including phenoxy) is 1. The van der Waals surface area contributed by atoms with Gasteiger partial charge in [-0.15, -0.1) is 0 Å². The molecule has 178 valence electrons. The normalized spacial score (nSPS) is 20.3. The molecule has 6 heteroatoms. The third-order valence-electron chi connectivity index (χ3n) is 7.08. The Kier molecular flexibility index (Phi) is 5.52. The van der Waals surface area contributed by atoms with Gasteiger partial charge in [-0.1, -0.05) is 51.1 Å². The standard InChI is InChI=1S/C28H33N3O3/c1-16-13-17(2)22(21(32)14-16)24-23-25(30-29-24)27(33)31(15-20-7-6-12-34-20)26(23)18-8-10-19(11-9-18)28(3,4)5/h8-11,13-14,20,26,32H,6-7,12,15H2,1-5H3,(H,29,30). The van der Waals surface area contributed by atoms with E-state index in [2.05, 4.69) is 55.2 Å². The minimum atomic E-state index is -0.297. The van der Waals surface area contributed by atoms with E-state index in [1.807, 2.05) is 24.8 Å². The lowest BCUT2D eigenvalue weighted by molar-refractivity contribution is 0.0495. The molecule has 0 saturated carbocycles. The quantitative estimate of drug-likeness (QED) is 0.546. The van der Waals surface area contributed by atoms with Gasteiger partial charge in [-0.3, -0.25) is 9.89 Å². The number of aryl methyl sites for hydroxylation is 2. The van der Waals surface area contributed by atoms with E-state index in [1.165, 1.54) is 5.56 Å². The van der Waals surface area contributed by atoms with Crippen LogP contribution in [0.4, 0.5) is 0 Å². The number of amides is 1. The molecular weight excluding hydrogens is 426 g/mol. The number of H-pyrrole nitrogens is 1. The first-order chi connectivity index (χ1) is 16.1. The first-order valence-corrected chi connectivity index (χ1v) is 12.1. The molecule has 2 unspecified atom stereocenters. The Labute approximate surface area is 201 Å². The second-order valence-corrected chi connectivity index (χ2v) is 10.7. The number of carbonyl (C=O) groups excluding carboxylic acids is 1. The van der Waals surface area contributed by atoms with Crippen LogP contribution in [-0.4, -0.2) is 45.4 Å². The van der Waals surface area contributed by atoms with Crippen molar-refractivity contribution in [3.05, 3.63) is 69.9 Å². The van der Waals surface area contributed by atoms with Gasteiger partial charge in [0.25, 0.3) is 5.91 Å². The zero-order valence-corrected chi connectivity index (χ0v) is 20.6. The molecule has 0 bridgehead atoms. The maximum atomic E-state index is 13.6. The summed E-state index contributed by atoms with van der Waals surface area (Å²) in [6.45, 7) is 11.8. The molecule has 1 aromatic heterocycles. The van der Waals surface area contributed by atoms with Crippen LogP contribution in [0.2, 0.25) is 0 Å². The van der Waals surface area contributed by atoms with Crippen molar-refractivity contribution in [1.82, 2.24) is 15.1 Å². The molecule has 3 aromatic rings. The Balaban J connectivity index is 1.65. The summed E-state index contributed by atoms with van der Waals surface area (Å²) in [5.41, 5.74) is 6.86. The van der Waals surface area contributed by atoms with Crippen molar-refractivity contribution in [3.63, 3.8) is 0 Å². The van der Waals surface area contributed by atoms with Gasteiger partial charge in [0.2, 0.25) is 0 Å². The van der Waals surface area contributed by atoms with E-state index in [0.29, 0.717) is 23.5 Å². The lowest BCUT2D eigenvalue weighted by Gasteiger charge is -2.29. The summed E-state index contributed by atoms with van der Waals surface area (Å²) < 4.78 is 5.89. The monoisotopic (exact) mass is 459 g/mol. The molecule has 2 N–H and O–H groups in total. The number of phenolic OH excluding ortho intramolecular Hbond substituents is 1. The number of fused-ring (bicyclic) bond motifs is 1. The van der Waals surface area contributed by atoms with Crippen LogP contribution in [0, 0.1) is 13.8 Å². The summed E-state index contributed by atoms with van der Waals surface area (Å²) >= 11 is 0. The van der Waals surface area contributed by atoms with Crippen molar-refractivity contribution in [2.75, 3.05) is 13.2 Å². The number of phenols is 1. The number of nitrogens with zero attached hydrogens (tertiary/aromatic N) is 2. The predicted octanol–water partition coefficient (Wildman–Crippen LogP) is 5.42. The van der Waals surface area contributed by atoms with Gasteiger partial charge in [0, 0.05) is 24.3 Å². The highest BCUT2D eigenvalue weighted by molar-refractivity contribution is 6.00. The van der Waals surface area contributed by atoms with Crippen LogP contribution in [-0.2, 0) is 10.2 Å². The molecule has 2 aliphatic rings. The van der Waals surface area contributed by atoms with Crippen LogP contribution in [0.1, 0.15) is 78.0 Å². The number of aromatic nitrogens is 2. The highest BCUT2D eigenvalue weighted by atomic mass is 16.5. The number of nitrogens with one attached hydrogen (secondary N) is 1. The van der Waals surface area contributed by atoms with Crippen LogP contribution < -0.4 is 0 Å². The molecule has 1 fully saturated rings. The molecule has 2 aromatic carbocycles. The fourth-order valence-corrected chi connectivity index (χ4v) is 5.35. The zero-order chi connectivity index (χ0) is 24.2. The smallest absolute Gasteiger partial charge is 0.273 e. The van der Waals surface area contributed by atoms with Crippen LogP contribution >= 0.6 is 0 Å². The molecule has 2 aliphatic heterocycles. The average Bonchev–Trinajstić information content (AvgIpc) is 3.47. The Morgan fingerprint density at radius 3 is 2.53 bits per heavy atom. The molecule has 0 radical (unpaired) electrons. The summed E-state index contributed by atoms with van der Waals surface area (Å²) in [6.07, 6.45) is 2.01. The Hall–Kier alpha value is -3.12. The lowest BCUT2D eigenvalue weighted by Crippen LogP contribution is -2.36. The van der Waals surface area contributed by atoms with Gasteiger partial charge in [-0.2, -0.15) is 5.10 Å². The third-order valence-corrected chi connectivity index (χ3v) is 7.08. The van der Waals surface area contributed by atoms with E-state index in [1.54, 1.807) is 6.07 Å². The first-order valence-electron chi connectivity index (χ1n) is 12.1. The van der Waals surface area contributed by atoms with Crippen LogP contribution in [0.25, 0.3) is 11.3 Å². The van der Waals surface area contributed by atoms with Crippen LogP contribution in [0.15, 0.2) is 36.4 Å². The van der Waals surface area contributed by atoms with Crippen molar-refractivity contribution >= 4 is 5.91 Å². The molecule has 34 heavy (non-hydrogen) atoms. The number of aromatic amines is 1. The highest BCUT2D eigenvalue weighted by Crippen LogP contribution is 2.46. The molecule has 1 saturated heterocycles. The summed E-state index contributed by atoms with van der Waals surface area (Å²) in [7, 11) is 0. The minimum Gasteiger partial charge on any atom is -0.507 e. The predicted molar refractivity (Wildman–Crippen MR) is 132 cm³/mol. The third kappa shape index (κ3) is 3.80. The SMILES string of the molecule is Cc1cc(C)c(-c2n[nH]c3c2C(c2ccc(C(C)(C)C)cc2)N(CC2CCCO2)C3=O)c(O)c1. The summed E-state index contributed by atoms with van der Waals surface area (Å²) in [5.74, 6) is 0.108. The molecule has 3 heterocycles. The van der Waals surface area contributed by atoms with Gasteiger partial charge in [0.1, 0.15) is 17.1 Å². The van der Waals surface area contributed by atoms with Crippen molar-refractivity contribution in [2.45, 2.75) is 65.0 Å². The highest BCUT2D eigenvalue weighted by Gasteiger charge is 2.44. The second-order valence-electron chi connectivity index (χ2n) is 10.7. The van der Waals surface area contributed by atoms with Crippen molar-refractivity contribution in [1.29, 1.82) is 0 Å². The second kappa shape index (κ2) is 8.27. The molecule has 0 spiro atoms. The molecule has 5 rings (SSSR count). The van der Waals surface area contributed by atoms with Crippen LogP contribution in [0.3, 0.4) is 0 Å². The molecule has 1 amide bonds.